The molecule has 0 saturated carbocycles. The van der Waals surface area contributed by atoms with Crippen LogP contribution in [0.15, 0.2) is 23.6 Å². The summed E-state index contributed by atoms with van der Waals surface area (Å²) in [6, 6.07) is 1.85. The first-order valence-corrected chi connectivity index (χ1v) is 6.12. The molecule has 4 N–H and O–H groups in total. The van der Waals surface area contributed by atoms with Crippen LogP contribution in [0.3, 0.4) is 0 Å². The largest absolute Gasteiger partial charge is 0.409 e. The highest BCUT2D eigenvalue weighted by Gasteiger charge is 2.26. The molecule has 0 aliphatic heterocycles. The highest BCUT2D eigenvalue weighted by atomic mass is 16.4. The second-order valence-electron chi connectivity index (χ2n) is 4.77. The van der Waals surface area contributed by atoms with Crippen molar-refractivity contribution >= 4 is 11.7 Å². The molecule has 1 unspecified atom stereocenters. The average molecular weight is 264 g/mol. The van der Waals surface area contributed by atoms with E-state index in [4.69, 9.17) is 10.9 Å². The molecular formula is C13H20N4O2. The lowest BCUT2D eigenvalue weighted by atomic mass is 9.93. The fourth-order valence-corrected chi connectivity index (χ4v) is 1.83. The van der Waals surface area contributed by atoms with Gasteiger partial charge in [-0.3, -0.25) is 9.78 Å². The Balaban J connectivity index is 2.71. The third-order valence-corrected chi connectivity index (χ3v) is 2.97. The van der Waals surface area contributed by atoms with Gasteiger partial charge in [-0.15, -0.1) is 0 Å². The van der Waals surface area contributed by atoms with Gasteiger partial charge < -0.3 is 16.3 Å². The number of nitrogens with one attached hydrogen (secondary N) is 1. The Morgan fingerprint density at radius 2 is 2.26 bits per heavy atom. The summed E-state index contributed by atoms with van der Waals surface area (Å²) in [5.74, 6) is -0.998. The van der Waals surface area contributed by atoms with E-state index in [2.05, 4.69) is 15.5 Å². The van der Waals surface area contributed by atoms with Gasteiger partial charge in [-0.25, -0.2) is 0 Å². The van der Waals surface area contributed by atoms with Gasteiger partial charge in [0.25, 0.3) is 0 Å². The smallest absolute Gasteiger partial charge is 0.231 e. The highest BCUT2D eigenvalue weighted by Crippen LogP contribution is 2.12. The van der Waals surface area contributed by atoms with Gasteiger partial charge in [-0.2, -0.15) is 0 Å². The van der Waals surface area contributed by atoms with Gasteiger partial charge in [-0.05, 0) is 30.0 Å². The van der Waals surface area contributed by atoms with Crippen LogP contribution in [0.2, 0.25) is 0 Å². The van der Waals surface area contributed by atoms with Crippen LogP contribution >= 0.6 is 0 Å². The molecule has 1 rings (SSSR count). The monoisotopic (exact) mass is 264 g/mol. The average Bonchev–Trinajstić information content (AvgIpc) is 2.37. The van der Waals surface area contributed by atoms with Crippen molar-refractivity contribution in [3.8, 4) is 0 Å². The maximum absolute atomic E-state index is 12.1. The van der Waals surface area contributed by atoms with Gasteiger partial charge in [0.1, 0.15) is 5.92 Å². The second kappa shape index (κ2) is 6.72. The summed E-state index contributed by atoms with van der Waals surface area (Å²) in [5.41, 5.74) is 7.55. The summed E-state index contributed by atoms with van der Waals surface area (Å²) in [6.07, 6.45) is 3.42. The van der Waals surface area contributed by atoms with E-state index >= 15 is 0 Å². The van der Waals surface area contributed by atoms with Crippen molar-refractivity contribution in [3.05, 3.63) is 29.6 Å². The number of nitrogens with zero attached hydrogens (tertiary/aromatic N) is 2. The minimum atomic E-state index is -0.632. The Morgan fingerprint density at radius 1 is 1.58 bits per heavy atom. The number of carbonyl (C=O) groups is 1. The summed E-state index contributed by atoms with van der Waals surface area (Å²) in [7, 11) is 0. The molecule has 1 aromatic heterocycles. The molecule has 104 valence electrons. The number of aromatic nitrogens is 1. The molecule has 0 bridgehead atoms. The zero-order valence-electron chi connectivity index (χ0n) is 11.4. The third-order valence-electron chi connectivity index (χ3n) is 2.97. The number of pyridine rings is 1. The van der Waals surface area contributed by atoms with Gasteiger partial charge in [0.05, 0.1) is 0 Å². The van der Waals surface area contributed by atoms with Crippen LogP contribution in [0.4, 0.5) is 0 Å². The number of nitrogens with two attached hydrogens (primary N) is 1. The lowest BCUT2D eigenvalue weighted by molar-refractivity contribution is -0.124. The lowest BCUT2D eigenvalue weighted by Crippen LogP contribution is -2.41. The number of oxime groups is 1. The molecule has 1 atom stereocenters. The molecule has 0 spiro atoms. The number of amides is 1. The fourth-order valence-electron chi connectivity index (χ4n) is 1.83. The maximum atomic E-state index is 12.1. The summed E-state index contributed by atoms with van der Waals surface area (Å²) in [6.45, 7) is 6.02. The number of hydrogen-bond donors (Lipinski definition) is 3. The van der Waals surface area contributed by atoms with Gasteiger partial charge in [0, 0.05) is 18.9 Å². The standard InChI is InChI=1S/C13H20N4O2/c1-8(2)11(12(14)17-19)13(18)16-7-10-4-5-15-6-9(10)3/h4-6,8,11,19H,7H2,1-3H3,(H2,14,17)(H,16,18). The van der Waals surface area contributed by atoms with Crippen molar-refractivity contribution in [2.75, 3.05) is 0 Å². The zero-order valence-corrected chi connectivity index (χ0v) is 11.4. The molecule has 0 radical (unpaired) electrons. The van der Waals surface area contributed by atoms with Crippen LogP contribution in [0.25, 0.3) is 0 Å². The Morgan fingerprint density at radius 3 is 2.79 bits per heavy atom. The number of amidine groups is 1. The van der Waals surface area contributed by atoms with Gasteiger partial charge in [-0.1, -0.05) is 19.0 Å². The second-order valence-corrected chi connectivity index (χ2v) is 4.77. The summed E-state index contributed by atoms with van der Waals surface area (Å²) >= 11 is 0. The van der Waals surface area contributed by atoms with E-state index < -0.39 is 5.92 Å². The minimum Gasteiger partial charge on any atom is -0.409 e. The van der Waals surface area contributed by atoms with Crippen LogP contribution in [0.1, 0.15) is 25.0 Å². The van der Waals surface area contributed by atoms with Crippen molar-refractivity contribution < 1.29 is 10.0 Å². The van der Waals surface area contributed by atoms with Gasteiger partial charge in [0.2, 0.25) is 5.91 Å². The number of carbonyl (C=O) groups excluding carboxylic acids is 1. The Bertz CT molecular complexity index is 471. The van der Waals surface area contributed by atoms with E-state index in [-0.39, 0.29) is 17.7 Å². The van der Waals surface area contributed by atoms with Crippen LogP contribution in [0, 0.1) is 18.8 Å². The molecule has 1 aromatic rings. The molecule has 0 aliphatic rings. The quantitative estimate of drug-likeness (QED) is 0.320. The summed E-state index contributed by atoms with van der Waals surface area (Å²) < 4.78 is 0. The van der Waals surface area contributed by atoms with Gasteiger partial charge in [0.15, 0.2) is 5.84 Å². The van der Waals surface area contributed by atoms with Crippen LogP contribution in [0.5, 0.6) is 0 Å². The zero-order chi connectivity index (χ0) is 14.4. The SMILES string of the molecule is Cc1cnccc1CNC(=O)C(/C(N)=N/O)C(C)C. The van der Waals surface area contributed by atoms with Crippen molar-refractivity contribution in [2.24, 2.45) is 22.7 Å². The Kier molecular flexibility index (Phi) is 5.29. The van der Waals surface area contributed by atoms with Crippen molar-refractivity contribution in [3.63, 3.8) is 0 Å². The molecule has 1 amide bonds. The molecule has 0 aromatic carbocycles. The Labute approximate surface area is 112 Å². The maximum Gasteiger partial charge on any atom is 0.231 e. The molecule has 0 saturated heterocycles. The molecule has 19 heavy (non-hydrogen) atoms. The predicted octanol–water partition coefficient (Wildman–Crippen LogP) is 1.02. The first kappa shape index (κ1) is 14.9. The van der Waals surface area contributed by atoms with E-state index in [1.54, 1.807) is 12.4 Å². The first-order chi connectivity index (χ1) is 8.97. The van der Waals surface area contributed by atoms with Crippen LogP contribution < -0.4 is 11.1 Å². The Hall–Kier alpha value is -2.11. The topological polar surface area (TPSA) is 101 Å². The lowest BCUT2D eigenvalue weighted by Gasteiger charge is -2.19. The molecule has 1 heterocycles. The highest BCUT2D eigenvalue weighted by molar-refractivity contribution is 6.02. The molecule has 6 nitrogen and oxygen atoms in total. The van der Waals surface area contributed by atoms with Crippen molar-refractivity contribution in [2.45, 2.75) is 27.3 Å². The van der Waals surface area contributed by atoms with E-state index in [0.29, 0.717) is 6.54 Å². The van der Waals surface area contributed by atoms with E-state index in [9.17, 15) is 4.79 Å². The summed E-state index contributed by atoms with van der Waals surface area (Å²) in [4.78, 5) is 16.1. The van der Waals surface area contributed by atoms with E-state index in [1.807, 2.05) is 26.8 Å². The van der Waals surface area contributed by atoms with E-state index in [1.165, 1.54) is 0 Å². The molecular weight excluding hydrogens is 244 g/mol. The van der Waals surface area contributed by atoms with Crippen molar-refractivity contribution in [1.29, 1.82) is 0 Å². The van der Waals surface area contributed by atoms with Crippen LogP contribution in [-0.4, -0.2) is 21.9 Å². The number of hydrogen-bond acceptors (Lipinski definition) is 4. The van der Waals surface area contributed by atoms with Crippen molar-refractivity contribution in [1.82, 2.24) is 10.3 Å². The third kappa shape index (κ3) is 3.94. The fraction of sp³-hybridized carbons (Fsp3) is 0.462. The predicted molar refractivity (Wildman–Crippen MR) is 72.6 cm³/mol. The van der Waals surface area contributed by atoms with Gasteiger partial charge >= 0.3 is 0 Å². The number of aryl methyl sites for hydroxylation is 1. The van der Waals surface area contributed by atoms with Crippen LogP contribution in [-0.2, 0) is 11.3 Å². The molecule has 0 fully saturated rings. The minimum absolute atomic E-state index is 0.0468. The number of rotatable bonds is 5. The van der Waals surface area contributed by atoms with E-state index in [0.717, 1.165) is 11.1 Å². The summed E-state index contributed by atoms with van der Waals surface area (Å²) in [5, 5.41) is 14.4. The normalized spacial score (nSPS) is 13.4. The molecule has 6 heteroatoms. The first-order valence-electron chi connectivity index (χ1n) is 6.12. The molecule has 0 aliphatic carbocycles.